The minimum atomic E-state index is -0.387. The van der Waals surface area contributed by atoms with Crippen molar-refractivity contribution in [3.05, 3.63) is 35.6 Å². The molecule has 0 spiro atoms. The maximum Gasteiger partial charge on any atom is 0.191 e. The van der Waals surface area contributed by atoms with Crippen molar-refractivity contribution in [2.24, 2.45) is 10.7 Å². The maximum atomic E-state index is 13.9. The fourth-order valence-electron chi connectivity index (χ4n) is 2.27. The lowest BCUT2D eigenvalue weighted by Crippen LogP contribution is -2.45. The van der Waals surface area contributed by atoms with Crippen LogP contribution < -0.4 is 5.73 Å². The van der Waals surface area contributed by atoms with E-state index in [4.69, 9.17) is 10.5 Å². The largest absolute Gasteiger partial charge is 0.378 e. The lowest BCUT2D eigenvalue weighted by molar-refractivity contribution is 0.0674. The highest BCUT2D eigenvalue weighted by Crippen LogP contribution is 2.25. The number of nitrogens with zero attached hydrogens (tertiary/aromatic N) is 2. The van der Waals surface area contributed by atoms with Gasteiger partial charge in [0.05, 0.1) is 19.8 Å². The molecule has 2 N–H and O–H groups in total. The third kappa shape index (κ3) is 4.81. The molecule has 1 aliphatic heterocycles. The smallest absolute Gasteiger partial charge is 0.191 e. The number of benzene rings is 1. The minimum Gasteiger partial charge on any atom is -0.378 e. The summed E-state index contributed by atoms with van der Waals surface area (Å²) in [6.45, 7) is 7.27. The molecular formula is C15H23FIN3O. The van der Waals surface area contributed by atoms with Crippen LogP contribution in [0.4, 0.5) is 4.39 Å². The Morgan fingerprint density at radius 2 is 1.95 bits per heavy atom. The maximum absolute atomic E-state index is 13.9. The molecule has 1 heterocycles. The highest BCUT2D eigenvalue weighted by atomic mass is 127. The van der Waals surface area contributed by atoms with Crippen molar-refractivity contribution in [3.8, 4) is 0 Å². The Bertz CT molecular complexity index is 488. The van der Waals surface area contributed by atoms with Gasteiger partial charge in [-0.05, 0) is 11.6 Å². The van der Waals surface area contributed by atoms with Crippen LogP contribution in [0.25, 0.3) is 0 Å². The Morgan fingerprint density at radius 1 is 1.33 bits per heavy atom. The van der Waals surface area contributed by atoms with Crippen LogP contribution in [0, 0.1) is 5.82 Å². The van der Waals surface area contributed by atoms with Gasteiger partial charge in [0.2, 0.25) is 0 Å². The third-order valence-corrected chi connectivity index (χ3v) is 3.57. The van der Waals surface area contributed by atoms with Crippen LogP contribution in [-0.4, -0.2) is 43.7 Å². The van der Waals surface area contributed by atoms with E-state index in [1.165, 1.54) is 6.07 Å². The van der Waals surface area contributed by atoms with Crippen molar-refractivity contribution in [1.29, 1.82) is 0 Å². The average molecular weight is 407 g/mol. The molecule has 1 aromatic rings. The standard InChI is InChI=1S/C15H22FN3O.HI/c1-15(2,12-5-3-4-6-13(12)16)11-18-14(17)19-7-9-20-10-8-19;/h3-6H,7-11H2,1-2H3,(H2,17,18);1H. The van der Waals surface area contributed by atoms with E-state index in [0.29, 0.717) is 31.3 Å². The van der Waals surface area contributed by atoms with Gasteiger partial charge in [-0.15, -0.1) is 24.0 Å². The molecule has 0 amide bonds. The second kappa shape index (κ2) is 7.93. The first kappa shape index (κ1) is 18.2. The van der Waals surface area contributed by atoms with E-state index >= 15 is 0 Å². The molecule has 1 fully saturated rings. The van der Waals surface area contributed by atoms with E-state index in [9.17, 15) is 4.39 Å². The molecule has 0 aliphatic carbocycles. The van der Waals surface area contributed by atoms with Crippen molar-refractivity contribution in [2.45, 2.75) is 19.3 Å². The molecule has 1 aromatic carbocycles. The van der Waals surface area contributed by atoms with Crippen LogP contribution in [-0.2, 0) is 10.2 Å². The van der Waals surface area contributed by atoms with Gasteiger partial charge in [-0.1, -0.05) is 32.0 Å². The number of nitrogens with two attached hydrogens (primary N) is 1. The highest BCUT2D eigenvalue weighted by molar-refractivity contribution is 14.0. The van der Waals surface area contributed by atoms with Crippen molar-refractivity contribution in [2.75, 3.05) is 32.8 Å². The molecule has 6 heteroatoms. The molecule has 0 aromatic heterocycles. The van der Waals surface area contributed by atoms with Gasteiger partial charge >= 0.3 is 0 Å². The van der Waals surface area contributed by atoms with E-state index in [-0.39, 0.29) is 35.2 Å². The molecular weight excluding hydrogens is 384 g/mol. The lowest BCUT2D eigenvalue weighted by atomic mass is 9.84. The first-order valence-corrected chi connectivity index (χ1v) is 6.88. The fraction of sp³-hybridized carbons (Fsp3) is 0.533. The van der Waals surface area contributed by atoms with Crippen LogP contribution in [0.5, 0.6) is 0 Å². The van der Waals surface area contributed by atoms with Crippen LogP contribution in [0.1, 0.15) is 19.4 Å². The zero-order chi connectivity index (χ0) is 14.6. The minimum absolute atomic E-state index is 0. The molecule has 0 atom stereocenters. The summed E-state index contributed by atoms with van der Waals surface area (Å²) in [6.07, 6.45) is 0. The summed E-state index contributed by atoms with van der Waals surface area (Å²) in [6, 6.07) is 6.82. The SMILES string of the molecule is CC(C)(CN=C(N)N1CCOCC1)c1ccccc1F.I. The van der Waals surface area contributed by atoms with E-state index in [2.05, 4.69) is 4.99 Å². The summed E-state index contributed by atoms with van der Waals surface area (Å²) >= 11 is 0. The average Bonchev–Trinajstić information content (AvgIpc) is 2.46. The van der Waals surface area contributed by atoms with Crippen molar-refractivity contribution in [1.82, 2.24) is 4.90 Å². The lowest BCUT2D eigenvalue weighted by Gasteiger charge is -2.29. The van der Waals surface area contributed by atoms with Crippen LogP contribution in [0.3, 0.4) is 0 Å². The topological polar surface area (TPSA) is 50.8 Å². The Kier molecular flexibility index (Phi) is 6.86. The van der Waals surface area contributed by atoms with Gasteiger partial charge in [-0.25, -0.2) is 4.39 Å². The van der Waals surface area contributed by atoms with Gasteiger partial charge in [0.15, 0.2) is 5.96 Å². The monoisotopic (exact) mass is 407 g/mol. The van der Waals surface area contributed by atoms with Gasteiger partial charge in [-0.3, -0.25) is 4.99 Å². The van der Waals surface area contributed by atoms with E-state index in [0.717, 1.165) is 13.1 Å². The molecule has 118 valence electrons. The van der Waals surface area contributed by atoms with Gasteiger partial charge in [-0.2, -0.15) is 0 Å². The van der Waals surface area contributed by atoms with Crippen molar-refractivity contribution in [3.63, 3.8) is 0 Å². The number of morpholine rings is 1. The Labute approximate surface area is 142 Å². The number of rotatable bonds is 3. The third-order valence-electron chi connectivity index (χ3n) is 3.57. The predicted octanol–water partition coefficient (Wildman–Crippen LogP) is 2.37. The zero-order valence-corrected chi connectivity index (χ0v) is 14.8. The number of hydrogen-bond acceptors (Lipinski definition) is 2. The summed E-state index contributed by atoms with van der Waals surface area (Å²) in [5.74, 6) is 0.315. The molecule has 21 heavy (non-hydrogen) atoms. The van der Waals surface area contributed by atoms with E-state index in [1.807, 2.05) is 24.8 Å². The van der Waals surface area contributed by atoms with E-state index < -0.39 is 0 Å². The van der Waals surface area contributed by atoms with Crippen LogP contribution >= 0.6 is 24.0 Å². The molecule has 0 radical (unpaired) electrons. The number of hydrogen-bond donors (Lipinski definition) is 1. The first-order chi connectivity index (χ1) is 9.50. The molecule has 2 rings (SSSR count). The fourth-order valence-corrected chi connectivity index (χ4v) is 2.27. The summed E-state index contributed by atoms with van der Waals surface area (Å²) in [5, 5.41) is 0. The molecule has 1 aliphatic rings. The predicted molar refractivity (Wildman–Crippen MR) is 93.7 cm³/mol. The summed E-state index contributed by atoms with van der Waals surface area (Å²) in [7, 11) is 0. The quantitative estimate of drug-likeness (QED) is 0.476. The molecule has 0 unspecified atom stereocenters. The summed E-state index contributed by atoms with van der Waals surface area (Å²) < 4.78 is 19.1. The van der Waals surface area contributed by atoms with Gasteiger partial charge < -0.3 is 15.4 Å². The van der Waals surface area contributed by atoms with Crippen molar-refractivity contribution >= 4 is 29.9 Å². The first-order valence-electron chi connectivity index (χ1n) is 6.88. The molecule has 1 saturated heterocycles. The molecule has 0 bridgehead atoms. The van der Waals surface area contributed by atoms with E-state index in [1.54, 1.807) is 12.1 Å². The number of aliphatic imine (C=N–C) groups is 1. The number of ether oxygens (including phenoxy) is 1. The number of guanidine groups is 1. The van der Waals surface area contributed by atoms with Crippen LogP contribution in [0.2, 0.25) is 0 Å². The highest BCUT2D eigenvalue weighted by Gasteiger charge is 2.24. The number of halogens is 2. The Hall–Kier alpha value is -0.890. The van der Waals surface area contributed by atoms with Crippen molar-refractivity contribution < 1.29 is 9.13 Å². The van der Waals surface area contributed by atoms with Gasteiger partial charge in [0.1, 0.15) is 5.82 Å². The molecule has 0 saturated carbocycles. The second-order valence-corrected chi connectivity index (χ2v) is 5.64. The second-order valence-electron chi connectivity index (χ2n) is 5.64. The molecule has 4 nitrogen and oxygen atoms in total. The summed E-state index contributed by atoms with van der Waals surface area (Å²) in [4.78, 5) is 6.44. The Balaban J connectivity index is 0.00000220. The zero-order valence-electron chi connectivity index (χ0n) is 12.5. The normalized spacial score (nSPS) is 16.5. The summed E-state index contributed by atoms with van der Waals surface area (Å²) in [5.41, 5.74) is 6.28. The van der Waals surface area contributed by atoms with Gasteiger partial charge in [0.25, 0.3) is 0 Å². The van der Waals surface area contributed by atoms with Crippen LogP contribution in [0.15, 0.2) is 29.3 Å². The Morgan fingerprint density at radius 3 is 2.57 bits per heavy atom. The van der Waals surface area contributed by atoms with Gasteiger partial charge in [0, 0.05) is 18.5 Å².